The predicted octanol–water partition coefficient (Wildman–Crippen LogP) is 2.47. The normalized spacial score (nSPS) is 11.3. The van der Waals surface area contributed by atoms with Gasteiger partial charge in [-0.1, -0.05) is 35.9 Å². The van der Waals surface area contributed by atoms with Crippen molar-refractivity contribution in [1.82, 2.24) is 25.3 Å². The number of halogens is 1. The number of aromatic nitrogens is 4. The number of carbonyl (C=O) groups is 1. The fraction of sp³-hybridized carbons (Fsp3) is 0.0556. The van der Waals surface area contributed by atoms with Crippen LogP contribution < -0.4 is 11.2 Å². The molecule has 28 heavy (non-hydrogen) atoms. The Morgan fingerprint density at radius 3 is 2.75 bits per heavy atom. The lowest BCUT2D eigenvalue weighted by molar-refractivity contribution is -0.121. The van der Waals surface area contributed by atoms with Crippen LogP contribution >= 0.6 is 11.6 Å². The molecule has 0 spiro atoms. The van der Waals surface area contributed by atoms with Crippen molar-refractivity contribution < 1.29 is 9.42 Å². The van der Waals surface area contributed by atoms with Gasteiger partial charge in [0.25, 0.3) is 5.91 Å². The summed E-state index contributed by atoms with van der Waals surface area (Å²) in [4.78, 5) is 16.9. The number of para-hydroxylation sites is 2. The zero-order valence-electron chi connectivity index (χ0n) is 14.4. The summed E-state index contributed by atoms with van der Waals surface area (Å²) in [6.07, 6.45) is 1.53. The van der Waals surface area contributed by atoms with Crippen LogP contribution in [0, 0.1) is 0 Å². The van der Waals surface area contributed by atoms with E-state index in [9.17, 15) is 4.79 Å². The Morgan fingerprint density at radius 2 is 2.00 bits per heavy atom. The van der Waals surface area contributed by atoms with Gasteiger partial charge in [-0.15, -0.1) is 0 Å². The van der Waals surface area contributed by atoms with Crippen LogP contribution in [0.5, 0.6) is 0 Å². The lowest BCUT2D eigenvalue weighted by Crippen LogP contribution is -2.23. The minimum atomic E-state index is -0.343. The second-order valence-electron chi connectivity index (χ2n) is 5.85. The fourth-order valence-electron chi connectivity index (χ4n) is 2.67. The average molecular weight is 396 g/mol. The number of nitrogen functional groups attached to an aromatic ring is 1. The van der Waals surface area contributed by atoms with E-state index in [1.807, 2.05) is 24.3 Å². The largest absolute Gasteiger partial charge is 0.379 e. The molecule has 2 aromatic carbocycles. The Hall–Kier alpha value is -3.72. The van der Waals surface area contributed by atoms with Gasteiger partial charge >= 0.3 is 0 Å². The number of nitrogens with two attached hydrogens (primary N) is 1. The van der Waals surface area contributed by atoms with Gasteiger partial charge in [-0.05, 0) is 40.1 Å². The van der Waals surface area contributed by atoms with Crippen molar-refractivity contribution in [2.75, 3.05) is 5.73 Å². The molecule has 9 nitrogen and oxygen atoms in total. The van der Waals surface area contributed by atoms with Gasteiger partial charge in [-0.25, -0.2) is 15.0 Å². The van der Waals surface area contributed by atoms with Crippen LogP contribution in [0.1, 0.15) is 5.56 Å². The Kier molecular flexibility index (Phi) is 4.73. The first-order chi connectivity index (χ1) is 13.6. The Balaban J connectivity index is 1.57. The number of nitrogens with zero attached hydrogens (tertiary/aromatic N) is 5. The number of imidazole rings is 1. The minimum Gasteiger partial charge on any atom is -0.379 e. The topological polar surface area (TPSA) is 124 Å². The second kappa shape index (κ2) is 7.49. The average Bonchev–Trinajstić information content (AvgIpc) is 3.27. The number of hydrogen-bond donors (Lipinski definition) is 2. The standard InChI is InChI=1S/C18H14ClN7O2/c19-12-7-5-11(6-8-12)9-21-23-15(27)10-26-14-4-2-1-3-13(14)22-18(26)16-17(20)25-28-24-16/h1-9H,10H2,(H2,20,25)(H,23,27)/b21-9-. The molecule has 10 heteroatoms. The number of carbonyl (C=O) groups excluding carboxylic acids is 1. The van der Waals surface area contributed by atoms with Crippen molar-refractivity contribution in [2.45, 2.75) is 6.54 Å². The van der Waals surface area contributed by atoms with Crippen LogP contribution in [0.2, 0.25) is 5.02 Å². The number of rotatable bonds is 5. The molecule has 3 N–H and O–H groups in total. The van der Waals surface area contributed by atoms with Gasteiger partial charge in [0.2, 0.25) is 0 Å². The summed E-state index contributed by atoms with van der Waals surface area (Å²) in [6, 6.07) is 14.4. The summed E-state index contributed by atoms with van der Waals surface area (Å²) in [7, 11) is 0. The van der Waals surface area contributed by atoms with Crippen molar-refractivity contribution >= 4 is 40.6 Å². The molecule has 0 aliphatic rings. The third-order valence-corrected chi connectivity index (χ3v) is 4.21. The quantitative estimate of drug-likeness (QED) is 0.395. The molecule has 0 saturated heterocycles. The number of fused-ring (bicyclic) bond motifs is 1. The second-order valence-corrected chi connectivity index (χ2v) is 6.29. The highest BCUT2D eigenvalue weighted by molar-refractivity contribution is 6.30. The first kappa shape index (κ1) is 17.7. The molecule has 0 bridgehead atoms. The van der Waals surface area contributed by atoms with Gasteiger partial charge < -0.3 is 10.3 Å². The molecule has 4 aromatic rings. The van der Waals surface area contributed by atoms with E-state index in [1.165, 1.54) is 6.21 Å². The van der Waals surface area contributed by atoms with Gasteiger partial charge in [0.15, 0.2) is 17.3 Å². The Morgan fingerprint density at radius 1 is 1.21 bits per heavy atom. The van der Waals surface area contributed by atoms with E-state index >= 15 is 0 Å². The van der Waals surface area contributed by atoms with Crippen molar-refractivity contribution in [2.24, 2.45) is 5.10 Å². The summed E-state index contributed by atoms with van der Waals surface area (Å²) in [5.74, 6) is 0.138. The maximum Gasteiger partial charge on any atom is 0.260 e. The molecule has 0 aliphatic carbocycles. The number of amides is 1. The van der Waals surface area contributed by atoms with Gasteiger partial charge in [0.05, 0.1) is 17.2 Å². The highest BCUT2D eigenvalue weighted by Gasteiger charge is 2.20. The number of anilines is 1. The molecule has 0 unspecified atom stereocenters. The minimum absolute atomic E-state index is 0.0416. The smallest absolute Gasteiger partial charge is 0.260 e. The van der Waals surface area contributed by atoms with Crippen LogP contribution in [0.25, 0.3) is 22.6 Å². The molecule has 0 saturated carbocycles. The summed E-state index contributed by atoms with van der Waals surface area (Å²) in [5, 5.41) is 12.0. The van der Waals surface area contributed by atoms with Crippen LogP contribution in [-0.4, -0.2) is 32.0 Å². The summed E-state index contributed by atoms with van der Waals surface area (Å²) in [5.41, 5.74) is 10.8. The zero-order chi connectivity index (χ0) is 19.5. The first-order valence-electron chi connectivity index (χ1n) is 8.23. The number of hydrogen-bond acceptors (Lipinski definition) is 7. The highest BCUT2D eigenvalue weighted by atomic mass is 35.5. The third kappa shape index (κ3) is 3.55. The van der Waals surface area contributed by atoms with Gasteiger partial charge in [-0.3, -0.25) is 4.79 Å². The van der Waals surface area contributed by atoms with Crippen molar-refractivity contribution in [1.29, 1.82) is 0 Å². The number of hydrazone groups is 1. The van der Waals surface area contributed by atoms with E-state index in [2.05, 4.69) is 30.5 Å². The molecule has 1 amide bonds. The van der Waals surface area contributed by atoms with Crippen molar-refractivity contribution in [3.8, 4) is 11.5 Å². The molecule has 0 fully saturated rings. The van der Waals surface area contributed by atoms with Crippen molar-refractivity contribution in [3.05, 3.63) is 59.1 Å². The van der Waals surface area contributed by atoms with E-state index in [4.69, 9.17) is 17.3 Å². The molecule has 2 aromatic heterocycles. The number of nitrogens with one attached hydrogen (secondary N) is 1. The zero-order valence-corrected chi connectivity index (χ0v) is 15.2. The molecule has 4 rings (SSSR count). The molecule has 2 heterocycles. The molecule has 140 valence electrons. The maximum absolute atomic E-state index is 12.4. The summed E-state index contributed by atoms with van der Waals surface area (Å²) in [6.45, 7) is -0.0416. The van der Waals surface area contributed by atoms with E-state index in [0.717, 1.165) is 11.1 Å². The highest BCUT2D eigenvalue weighted by Crippen LogP contribution is 2.26. The molecular formula is C18H14ClN7O2. The van der Waals surface area contributed by atoms with Gasteiger partial charge in [0, 0.05) is 5.02 Å². The van der Waals surface area contributed by atoms with Gasteiger partial charge in [-0.2, -0.15) is 5.10 Å². The Bertz CT molecular complexity index is 1160. The van der Waals surface area contributed by atoms with E-state index in [-0.39, 0.29) is 24.0 Å². The van der Waals surface area contributed by atoms with Gasteiger partial charge in [0.1, 0.15) is 6.54 Å². The summed E-state index contributed by atoms with van der Waals surface area (Å²) < 4.78 is 6.35. The fourth-order valence-corrected chi connectivity index (χ4v) is 2.80. The Labute approximate surface area is 163 Å². The lowest BCUT2D eigenvalue weighted by atomic mass is 10.2. The lowest BCUT2D eigenvalue weighted by Gasteiger charge is -2.06. The molecular weight excluding hydrogens is 382 g/mol. The van der Waals surface area contributed by atoms with Crippen LogP contribution in [-0.2, 0) is 11.3 Å². The molecule has 0 atom stereocenters. The summed E-state index contributed by atoms with van der Waals surface area (Å²) >= 11 is 5.84. The van der Waals surface area contributed by atoms with Crippen molar-refractivity contribution in [3.63, 3.8) is 0 Å². The first-order valence-corrected chi connectivity index (χ1v) is 8.61. The SMILES string of the molecule is Nc1nonc1-c1nc2ccccc2n1CC(=O)N/N=C\c1ccc(Cl)cc1. The van der Waals surface area contributed by atoms with Crippen LogP contribution in [0.15, 0.2) is 58.3 Å². The van der Waals surface area contributed by atoms with E-state index in [1.54, 1.807) is 28.8 Å². The molecule has 0 radical (unpaired) electrons. The third-order valence-electron chi connectivity index (χ3n) is 3.95. The van der Waals surface area contributed by atoms with E-state index < -0.39 is 0 Å². The predicted molar refractivity (Wildman–Crippen MR) is 105 cm³/mol. The monoisotopic (exact) mass is 395 g/mol. The maximum atomic E-state index is 12.4. The van der Waals surface area contributed by atoms with Crippen LogP contribution in [0.3, 0.4) is 0 Å². The van der Waals surface area contributed by atoms with E-state index in [0.29, 0.717) is 16.4 Å². The number of benzene rings is 2. The molecule has 0 aliphatic heterocycles. The van der Waals surface area contributed by atoms with Crippen LogP contribution in [0.4, 0.5) is 5.82 Å².